The second-order valence-corrected chi connectivity index (χ2v) is 6.38. The summed E-state index contributed by atoms with van der Waals surface area (Å²) >= 11 is 5.31. The third-order valence-electron chi connectivity index (χ3n) is 4.17. The highest BCUT2D eigenvalue weighted by molar-refractivity contribution is 7.80. The normalized spacial score (nSPS) is 20.3. The zero-order valence-electron chi connectivity index (χ0n) is 14.3. The lowest BCUT2D eigenvalue weighted by atomic mass is 9.76. The Labute approximate surface area is 148 Å². The van der Waals surface area contributed by atoms with Gasteiger partial charge >= 0.3 is 0 Å². The maximum Gasteiger partial charge on any atom is 0.158 e. The zero-order valence-corrected chi connectivity index (χ0v) is 15.1. The number of nitrogens with one attached hydrogen (secondary N) is 1. The van der Waals surface area contributed by atoms with Crippen LogP contribution in [-0.2, 0) is 4.79 Å². The van der Waals surface area contributed by atoms with Gasteiger partial charge in [-0.25, -0.2) is 0 Å². The minimum absolute atomic E-state index is 0.0453. The molecule has 1 unspecified atom stereocenters. The number of hydrogen-bond acceptors (Lipinski definition) is 4. The summed E-state index contributed by atoms with van der Waals surface area (Å²) in [4.78, 5) is 12.6. The lowest BCUT2D eigenvalue weighted by Gasteiger charge is -2.32. The van der Waals surface area contributed by atoms with Crippen LogP contribution in [0.15, 0.2) is 35.5 Å². The van der Waals surface area contributed by atoms with Crippen LogP contribution in [0, 0.1) is 17.2 Å². The number of carbonyl (C=O) groups excluding carboxylic acids is 1. The molecule has 0 aliphatic carbocycles. The van der Waals surface area contributed by atoms with Crippen LogP contribution in [0.2, 0.25) is 0 Å². The van der Waals surface area contributed by atoms with Gasteiger partial charge in [0.2, 0.25) is 0 Å². The van der Waals surface area contributed by atoms with E-state index >= 15 is 0 Å². The highest BCUT2D eigenvalue weighted by atomic mass is 32.1. The van der Waals surface area contributed by atoms with Gasteiger partial charge in [0, 0.05) is 17.2 Å². The van der Waals surface area contributed by atoms with Crippen molar-refractivity contribution in [3.8, 4) is 11.8 Å². The molecule has 4 nitrogen and oxygen atoms in total. The lowest BCUT2D eigenvalue weighted by Crippen LogP contribution is -2.39. The molecule has 5 heteroatoms. The van der Waals surface area contributed by atoms with Crippen LogP contribution in [0.1, 0.15) is 45.1 Å². The molecule has 1 aliphatic rings. The summed E-state index contributed by atoms with van der Waals surface area (Å²) in [7, 11) is 0. The van der Waals surface area contributed by atoms with Gasteiger partial charge < -0.3 is 10.1 Å². The summed E-state index contributed by atoms with van der Waals surface area (Å²) in [6, 6.07) is 9.85. The van der Waals surface area contributed by atoms with E-state index in [4.69, 9.17) is 17.0 Å². The summed E-state index contributed by atoms with van der Waals surface area (Å²) in [5.74, 6) is -0.140. The third-order valence-corrected chi connectivity index (χ3v) is 4.52. The first-order valence-electron chi connectivity index (χ1n) is 8.14. The van der Waals surface area contributed by atoms with E-state index in [-0.39, 0.29) is 11.7 Å². The number of benzene rings is 1. The first kappa shape index (κ1) is 18.2. The molecule has 0 saturated heterocycles. The first-order chi connectivity index (χ1) is 11.5. The quantitative estimate of drug-likeness (QED) is 0.628. The number of nitrogens with zero attached hydrogens (tertiary/aromatic N) is 1. The van der Waals surface area contributed by atoms with Gasteiger partial charge in [-0.1, -0.05) is 37.7 Å². The van der Waals surface area contributed by atoms with E-state index in [1.807, 2.05) is 31.2 Å². The number of hydrogen-bond donors (Lipinski definition) is 1. The highest BCUT2D eigenvalue weighted by Gasteiger charge is 2.37. The molecular formula is C19H22N2O2S. The second kappa shape index (κ2) is 8.07. The standard InChI is InChI=1S/C19H22N2O2S/c1-4-5-10-23-15-8-6-14(7-9-15)18-16(11-20)19(24)21-12(2)17(18)13(3)22/h6-9,16,18H,4-5,10H2,1-3H3,(H,21,24)/t16?,18-/m0/s1. The van der Waals surface area contributed by atoms with Gasteiger partial charge in [0.25, 0.3) is 0 Å². The van der Waals surface area contributed by atoms with Crippen LogP contribution in [-0.4, -0.2) is 17.4 Å². The summed E-state index contributed by atoms with van der Waals surface area (Å²) in [5.41, 5.74) is 2.25. The molecule has 2 atom stereocenters. The van der Waals surface area contributed by atoms with Crippen molar-refractivity contribution in [1.82, 2.24) is 5.32 Å². The molecule has 0 spiro atoms. The topological polar surface area (TPSA) is 62.1 Å². The maximum atomic E-state index is 12.1. The molecule has 24 heavy (non-hydrogen) atoms. The second-order valence-electron chi connectivity index (χ2n) is 5.94. The molecule has 0 radical (unpaired) electrons. The van der Waals surface area contributed by atoms with Crippen LogP contribution in [0.3, 0.4) is 0 Å². The van der Waals surface area contributed by atoms with Gasteiger partial charge in [-0.3, -0.25) is 4.79 Å². The Balaban J connectivity index is 2.35. The Kier molecular flexibility index (Phi) is 6.10. The Hall–Kier alpha value is -2.19. The molecule has 1 aromatic rings. The van der Waals surface area contributed by atoms with Gasteiger partial charge in [-0.15, -0.1) is 0 Å². The number of Topliss-reactive ketones (excluding diaryl/α,β-unsaturated/α-hetero) is 1. The molecule has 126 valence electrons. The molecule has 0 aromatic heterocycles. The minimum Gasteiger partial charge on any atom is -0.494 e. The molecule has 1 N–H and O–H groups in total. The third kappa shape index (κ3) is 3.82. The van der Waals surface area contributed by atoms with E-state index in [2.05, 4.69) is 18.3 Å². The molecular weight excluding hydrogens is 320 g/mol. The van der Waals surface area contributed by atoms with Gasteiger partial charge in [0.1, 0.15) is 11.7 Å². The highest BCUT2D eigenvalue weighted by Crippen LogP contribution is 2.38. The van der Waals surface area contributed by atoms with Crippen molar-refractivity contribution in [2.45, 2.75) is 39.5 Å². The van der Waals surface area contributed by atoms with Crippen molar-refractivity contribution in [2.24, 2.45) is 5.92 Å². The van der Waals surface area contributed by atoms with Crippen molar-refractivity contribution >= 4 is 23.0 Å². The number of ether oxygens (including phenoxy) is 1. The van der Waals surface area contributed by atoms with Crippen molar-refractivity contribution in [1.29, 1.82) is 5.26 Å². The largest absolute Gasteiger partial charge is 0.494 e. The summed E-state index contributed by atoms with van der Waals surface area (Å²) < 4.78 is 5.68. The van der Waals surface area contributed by atoms with Crippen LogP contribution in [0.25, 0.3) is 0 Å². The number of ketones is 1. The molecule has 0 bridgehead atoms. The number of unbranched alkanes of at least 4 members (excludes halogenated alkanes) is 1. The predicted octanol–water partition coefficient (Wildman–Crippen LogP) is 3.88. The summed E-state index contributed by atoms with van der Waals surface area (Å²) in [6.07, 6.45) is 2.09. The fourth-order valence-electron chi connectivity index (χ4n) is 2.96. The molecule has 0 amide bonds. The van der Waals surface area contributed by atoms with E-state index in [1.54, 1.807) is 0 Å². The lowest BCUT2D eigenvalue weighted by molar-refractivity contribution is -0.114. The number of allylic oxidation sites excluding steroid dienone is 2. The summed E-state index contributed by atoms with van der Waals surface area (Å²) in [5, 5.41) is 12.5. The van der Waals surface area contributed by atoms with Gasteiger partial charge in [-0.05, 0) is 38.0 Å². The van der Waals surface area contributed by atoms with Crippen molar-refractivity contribution in [3.63, 3.8) is 0 Å². The number of nitriles is 1. The monoisotopic (exact) mass is 342 g/mol. The van der Waals surface area contributed by atoms with Crippen molar-refractivity contribution < 1.29 is 9.53 Å². The van der Waals surface area contributed by atoms with Gasteiger partial charge in [0.05, 0.1) is 17.7 Å². The smallest absolute Gasteiger partial charge is 0.158 e. The zero-order chi connectivity index (χ0) is 17.7. The Bertz CT molecular complexity index is 701. The summed E-state index contributed by atoms with van der Waals surface area (Å²) in [6.45, 7) is 6.16. The number of thiocarbonyl (C=S) groups is 1. The molecule has 1 aliphatic heterocycles. The number of carbonyl (C=O) groups is 1. The number of rotatable bonds is 6. The molecule has 1 heterocycles. The fourth-order valence-corrected chi connectivity index (χ4v) is 3.30. The minimum atomic E-state index is -0.547. The predicted molar refractivity (Wildman–Crippen MR) is 97.8 cm³/mol. The van der Waals surface area contributed by atoms with Crippen LogP contribution < -0.4 is 10.1 Å². The van der Waals surface area contributed by atoms with E-state index in [0.29, 0.717) is 17.2 Å². The fraction of sp³-hybridized carbons (Fsp3) is 0.421. The molecule has 2 rings (SSSR count). The Morgan fingerprint density at radius 2 is 2.04 bits per heavy atom. The Morgan fingerprint density at radius 3 is 2.58 bits per heavy atom. The molecule has 0 saturated carbocycles. The Morgan fingerprint density at radius 1 is 1.38 bits per heavy atom. The van der Waals surface area contributed by atoms with Gasteiger partial charge in [0.15, 0.2) is 5.78 Å². The van der Waals surface area contributed by atoms with Crippen LogP contribution >= 0.6 is 12.2 Å². The van der Waals surface area contributed by atoms with E-state index in [1.165, 1.54) is 6.92 Å². The van der Waals surface area contributed by atoms with Crippen molar-refractivity contribution in [2.75, 3.05) is 6.61 Å². The van der Waals surface area contributed by atoms with E-state index in [0.717, 1.165) is 29.9 Å². The SMILES string of the molecule is CCCCOc1ccc([C@@H]2C(C(C)=O)=C(C)NC(=S)C2C#N)cc1. The average Bonchev–Trinajstić information content (AvgIpc) is 2.54. The molecule has 1 aromatic carbocycles. The maximum absolute atomic E-state index is 12.1. The van der Waals surface area contributed by atoms with Crippen molar-refractivity contribution in [3.05, 3.63) is 41.1 Å². The first-order valence-corrected chi connectivity index (χ1v) is 8.55. The molecule has 0 fully saturated rings. The van der Waals surface area contributed by atoms with E-state index < -0.39 is 5.92 Å². The van der Waals surface area contributed by atoms with Crippen LogP contribution in [0.5, 0.6) is 5.75 Å². The van der Waals surface area contributed by atoms with Crippen LogP contribution in [0.4, 0.5) is 0 Å². The average molecular weight is 342 g/mol. The van der Waals surface area contributed by atoms with Gasteiger partial charge in [-0.2, -0.15) is 5.26 Å². The van der Waals surface area contributed by atoms with E-state index in [9.17, 15) is 10.1 Å².